The fourth-order valence-electron chi connectivity index (χ4n) is 5.47. The first kappa shape index (κ1) is 17.3. The van der Waals surface area contributed by atoms with Crippen LogP contribution in [0.15, 0.2) is 0 Å². The molecule has 0 heterocycles. The molecular formula is C19H36O2. The SMILES string of the molecule is CCC1CCC(C)CC1(O)C1(O)CC(C)CCC1C(C)C. The Balaban J connectivity index is 2.40. The van der Waals surface area contributed by atoms with Crippen LogP contribution in [0.25, 0.3) is 0 Å². The van der Waals surface area contributed by atoms with E-state index < -0.39 is 11.2 Å². The van der Waals surface area contributed by atoms with E-state index in [1.54, 1.807) is 0 Å². The number of aliphatic hydroxyl groups is 2. The number of hydrogen-bond donors (Lipinski definition) is 2. The zero-order valence-electron chi connectivity index (χ0n) is 14.7. The quantitative estimate of drug-likeness (QED) is 0.811. The van der Waals surface area contributed by atoms with Crippen molar-refractivity contribution in [3.8, 4) is 0 Å². The average molecular weight is 296 g/mol. The predicted octanol–water partition coefficient (Wildman–Crippen LogP) is 4.39. The number of rotatable bonds is 3. The van der Waals surface area contributed by atoms with E-state index in [9.17, 15) is 10.2 Å². The molecule has 0 aliphatic heterocycles. The summed E-state index contributed by atoms with van der Waals surface area (Å²) in [5.74, 6) is 1.96. The lowest BCUT2D eigenvalue weighted by Crippen LogP contribution is -2.66. The van der Waals surface area contributed by atoms with E-state index in [0.717, 1.165) is 32.1 Å². The van der Waals surface area contributed by atoms with Gasteiger partial charge >= 0.3 is 0 Å². The predicted molar refractivity (Wildman–Crippen MR) is 88.0 cm³/mol. The zero-order chi connectivity index (χ0) is 15.8. The third kappa shape index (κ3) is 2.91. The van der Waals surface area contributed by atoms with Gasteiger partial charge in [-0.2, -0.15) is 0 Å². The molecule has 0 aromatic heterocycles. The standard InChI is InChI=1S/C19H36O2/c1-6-16-9-7-14(4)11-18(16,20)19(21)12-15(5)8-10-17(19)13(2)3/h13-17,20-21H,6-12H2,1-5H3. The Hall–Kier alpha value is -0.0800. The molecule has 2 nitrogen and oxygen atoms in total. The molecule has 2 saturated carbocycles. The van der Waals surface area contributed by atoms with Gasteiger partial charge in [-0.3, -0.25) is 0 Å². The van der Waals surface area contributed by atoms with Gasteiger partial charge in [-0.15, -0.1) is 0 Å². The van der Waals surface area contributed by atoms with Crippen molar-refractivity contribution in [2.24, 2.45) is 29.6 Å². The molecule has 2 heteroatoms. The van der Waals surface area contributed by atoms with E-state index in [0.29, 0.717) is 17.8 Å². The van der Waals surface area contributed by atoms with Crippen LogP contribution in [0.5, 0.6) is 0 Å². The summed E-state index contributed by atoms with van der Waals surface area (Å²) in [7, 11) is 0. The first-order valence-corrected chi connectivity index (χ1v) is 9.19. The van der Waals surface area contributed by atoms with E-state index in [1.807, 2.05) is 0 Å². The van der Waals surface area contributed by atoms with Gasteiger partial charge in [0.15, 0.2) is 0 Å². The van der Waals surface area contributed by atoms with E-state index in [4.69, 9.17) is 0 Å². The van der Waals surface area contributed by atoms with Gasteiger partial charge in [0.25, 0.3) is 0 Å². The van der Waals surface area contributed by atoms with Crippen molar-refractivity contribution >= 4 is 0 Å². The van der Waals surface area contributed by atoms with Gasteiger partial charge in [0.1, 0.15) is 0 Å². The Morgan fingerprint density at radius 1 is 0.905 bits per heavy atom. The highest BCUT2D eigenvalue weighted by Gasteiger charge is 2.60. The Morgan fingerprint density at radius 2 is 1.43 bits per heavy atom. The summed E-state index contributed by atoms with van der Waals surface area (Å²) in [6.07, 6.45) is 7.03. The lowest BCUT2D eigenvalue weighted by atomic mass is 9.53. The second-order valence-electron chi connectivity index (χ2n) is 8.58. The lowest BCUT2D eigenvalue weighted by Gasteiger charge is -2.58. The molecule has 0 radical (unpaired) electrons. The molecule has 2 rings (SSSR count). The minimum absolute atomic E-state index is 0.234. The molecule has 0 aromatic carbocycles. The third-order valence-electron chi connectivity index (χ3n) is 6.63. The summed E-state index contributed by atoms with van der Waals surface area (Å²) in [6.45, 7) is 11.1. The highest BCUT2D eigenvalue weighted by atomic mass is 16.4. The van der Waals surface area contributed by atoms with Crippen LogP contribution < -0.4 is 0 Å². The van der Waals surface area contributed by atoms with Gasteiger partial charge in [-0.05, 0) is 55.3 Å². The van der Waals surface area contributed by atoms with Crippen molar-refractivity contribution in [1.82, 2.24) is 0 Å². The second-order valence-corrected chi connectivity index (χ2v) is 8.58. The minimum Gasteiger partial charge on any atom is -0.387 e. The van der Waals surface area contributed by atoms with Crippen molar-refractivity contribution in [2.75, 3.05) is 0 Å². The lowest BCUT2D eigenvalue weighted by molar-refractivity contribution is -0.249. The van der Waals surface area contributed by atoms with Crippen molar-refractivity contribution in [3.05, 3.63) is 0 Å². The first-order chi connectivity index (χ1) is 9.74. The Morgan fingerprint density at radius 3 is 1.95 bits per heavy atom. The van der Waals surface area contributed by atoms with E-state index >= 15 is 0 Å². The highest BCUT2D eigenvalue weighted by Crippen LogP contribution is 2.54. The van der Waals surface area contributed by atoms with E-state index in [-0.39, 0.29) is 11.8 Å². The molecule has 2 N–H and O–H groups in total. The van der Waals surface area contributed by atoms with Crippen LogP contribution in [-0.4, -0.2) is 21.4 Å². The third-order valence-corrected chi connectivity index (χ3v) is 6.63. The van der Waals surface area contributed by atoms with Crippen molar-refractivity contribution < 1.29 is 10.2 Å². The van der Waals surface area contributed by atoms with Crippen LogP contribution in [0.4, 0.5) is 0 Å². The number of hydrogen-bond acceptors (Lipinski definition) is 2. The molecule has 0 amide bonds. The maximum atomic E-state index is 11.7. The molecule has 21 heavy (non-hydrogen) atoms. The maximum absolute atomic E-state index is 11.7. The topological polar surface area (TPSA) is 40.5 Å². The monoisotopic (exact) mass is 296 g/mol. The molecule has 2 aliphatic carbocycles. The molecule has 0 spiro atoms. The van der Waals surface area contributed by atoms with Crippen LogP contribution >= 0.6 is 0 Å². The molecule has 0 aromatic rings. The summed E-state index contributed by atoms with van der Waals surface area (Å²) < 4.78 is 0. The first-order valence-electron chi connectivity index (χ1n) is 9.19. The molecular weight excluding hydrogens is 260 g/mol. The summed E-state index contributed by atoms with van der Waals surface area (Å²) in [5, 5.41) is 23.4. The Bertz CT molecular complexity index is 353. The van der Waals surface area contributed by atoms with Crippen LogP contribution in [0.2, 0.25) is 0 Å². The molecule has 2 aliphatic rings. The van der Waals surface area contributed by atoms with E-state index in [1.165, 1.54) is 12.8 Å². The van der Waals surface area contributed by atoms with Crippen molar-refractivity contribution in [2.45, 2.75) is 90.8 Å². The van der Waals surface area contributed by atoms with Gasteiger partial charge in [0.05, 0.1) is 11.2 Å². The smallest absolute Gasteiger partial charge is 0.0969 e. The molecule has 0 bridgehead atoms. The second kappa shape index (κ2) is 6.20. The fourth-order valence-corrected chi connectivity index (χ4v) is 5.47. The van der Waals surface area contributed by atoms with Crippen molar-refractivity contribution in [1.29, 1.82) is 0 Å². The van der Waals surface area contributed by atoms with Crippen LogP contribution in [0.3, 0.4) is 0 Å². The molecule has 0 saturated heterocycles. The molecule has 6 unspecified atom stereocenters. The summed E-state index contributed by atoms with van der Waals surface area (Å²) in [4.78, 5) is 0. The average Bonchev–Trinajstić information content (AvgIpc) is 2.38. The van der Waals surface area contributed by atoms with Gasteiger partial charge in [-0.25, -0.2) is 0 Å². The zero-order valence-corrected chi connectivity index (χ0v) is 14.7. The van der Waals surface area contributed by atoms with Gasteiger partial charge in [0.2, 0.25) is 0 Å². The summed E-state index contributed by atoms with van der Waals surface area (Å²) in [6, 6.07) is 0. The van der Waals surface area contributed by atoms with Gasteiger partial charge in [-0.1, -0.05) is 53.9 Å². The minimum atomic E-state index is -0.895. The van der Waals surface area contributed by atoms with Crippen LogP contribution in [-0.2, 0) is 0 Å². The van der Waals surface area contributed by atoms with Crippen molar-refractivity contribution in [3.63, 3.8) is 0 Å². The normalized spacial score (nSPS) is 48.6. The maximum Gasteiger partial charge on any atom is 0.0969 e. The van der Waals surface area contributed by atoms with Gasteiger partial charge in [0, 0.05) is 0 Å². The van der Waals surface area contributed by atoms with Crippen LogP contribution in [0.1, 0.15) is 79.6 Å². The van der Waals surface area contributed by atoms with Gasteiger partial charge < -0.3 is 10.2 Å². The molecule has 124 valence electrons. The van der Waals surface area contributed by atoms with E-state index in [2.05, 4.69) is 34.6 Å². The largest absolute Gasteiger partial charge is 0.387 e. The molecule has 6 atom stereocenters. The molecule has 2 fully saturated rings. The summed E-state index contributed by atoms with van der Waals surface area (Å²) >= 11 is 0. The Kier molecular flexibility index (Phi) is 5.10. The highest BCUT2D eigenvalue weighted by molar-refractivity contribution is 5.11. The fraction of sp³-hybridized carbons (Fsp3) is 1.00. The Labute approximate surface area is 131 Å². The summed E-state index contributed by atoms with van der Waals surface area (Å²) in [5.41, 5.74) is -1.78. The van der Waals surface area contributed by atoms with Crippen LogP contribution in [0, 0.1) is 29.6 Å².